The number of alkyl carbamates (subject to hydrolysis) is 4. The predicted octanol–water partition coefficient (Wildman–Crippen LogP) is 24.7. The van der Waals surface area contributed by atoms with Crippen LogP contribution in [0.3, 0.4) is 0 Å². The first kappa shape index (κ1) is 94.1. The fraction of sp³-hybridized carbons (Fsp3) is 0.357. The molecule has 0 spiro atoms. The third kappa shape index (κ3) is 23.5. The topological polar surface area (TPSA) is 265 Å². The molecule has 8 aliphatic rings. The molecule has 8 aliphatic carbocycles. The number of hydrogen-bond acceptors (Lipinski definition) is 13. The summed E-state index contributed by atoms with van der Waals surface area (Å²) in [6, 6.07) is 49.2. The van der Waals surface area contributed by atoms with E-state index in [-0.39, 0.29) is 83.6 Å². The number of benzene rings is 4. The van der Waals surface area contributed by atoms with Gasteiger partial charge in [0.15, 0.2) is 0 Å². The lowest BCUT2D eigenvalue weighted by molar-refractivity contribution is 0.125. The number of rotatable bonds is 20. The monoisotopic (exact) mass is 1840 g/mol. The number of halogens is 4. The Balaban J connectivity index is 0.000000126. The van der Waals surface area contributed by atoms with E-state index >= 15 is 0 Å². The number of aromatic nitrogens is 7. The Labute approximate surface area is 792 Å². The van der Waals surface area contributed by atoms with E-state index in [4.69, 9.17) is 23.4 Å². The molecule has 24 heteroatoms. The third-order valence-corrected chi connectivity index (χ3v) is 28.7. The Hall–Kier alpha value is -13.6. The molecule has 8 aromatic heterocycles. The molecule has 4 aromatic carbocycles. The van der Waals surface area contributed by atoms with E-state index in [0.29, 0.717) is 85.6 Å². The molecular weight excluding hydrogens is 1720 g/mol. The molecule has 4 saturated carbocycles. The van der Waals surface area contributed by atoms with Gasteiger partial charge in [-0.15, -0.1) is 0 Å². The first-order valence-electron chi connectivity index (χ1n) is 48.3. The van der Waals surface area contributed by atoms with Gasteiger partial charge in [0, 0.05) is 131 Å². The summed E-state index contributed by atoms with van der Waals surface area (Å²) < 4.78 is 80.4. The summed E-state index contributed by atoms with van der Waals surface area (Å²) in [5.74, 6) is 5.20. The molecule has 0 radical (unpaired) electrons. The Morgan fingerprint density at radius 1 is 0.368 bits per heavy atom. The molecule has 0 aliphatic heterocycles. The van der Waals surface area contributed by atoms with Gasteiger partial charge in [-0.25, -0.2) is 36.7 Å². The fourth-order valence-electron chi connectivity index (χ4n) is 22.5. The highest BCUT2D eigenvalue weighted by Crippen LogP contribution is 2.53. The number of fused-ring (bicyclic) bond motifs is 8. The number of carbonyl (C=O) groups excluding carboxylic acids is 4. The van der Waals surface area contributed by atoms with Gasteiger partial charge >= 0.3 is 24.4 Å². The van der Waals surface area contributed by atoms with Crippen LogP contribution in [-0.2, 0) is 44.6 Å². The van der Waals surface area contributed by atoms with Crippen LogP contribution in [0.1, 0.15) is 196 Å². The van der Waals surface area contributed by atoms with E-state index in [1.54, 1.807) is 55.3 Å². The zero-order valence-corrected chi connectivity index (χ0v) is 77.3. The molecule has 20 nitrogen and oxygen atoms in total. The summed E-state index contributed by atoms with van der Waals surface area (Å²) >= 11 is 0. The van der Waals surface area contributed by atoms with Crippen molar-refractivity contribution in [3.63, 3.8) is 0 Å². The van der Waals surface area contributed by atoms with Gasteiger partial charge in [-0.3, -0.25) is 19.9 Å². The van der Waals surface area contributed by atoms with Gasteiger partial charge in [-0.2, -0.15) is 0 Å². The highest BCUT2D eigenvalue weighted by molar-refractivity contribution is 5.71. The normalized spacial score (nSPS) is 23.8. The van der Waals surface area contributed by atoms with Crippen molar-refractivity contribution in [2.75, 3.05) is 26.4 Å². The average molecular weight is 1840 g/mol. The fourth-order valence-corrected chi connectivity index (χ4v) is 22.5. The molecule has 0 unspecified atom stereocenters. The van der Waals surface area contributed by atoms with Gasteiger partial charge in [0.2, 0.25) is 0 Å². The van der Waals surface area contributed by atoms with E-state index in [9.17, 15) is 36.7 Å². The molecule has 16 atom stereocenters. The summed E-state index contributed by atoms with van der Waals surface area (Å²) in [7, 11) is 0. The molecule has 7 N–H and O–H groups in total. The molecule has 8 heterocycles. The molecule has 4 fully saturated rings. The van der Waals surface area contributed by atoms with Crippen LogP contribution in [-0.4, -0.2) is 110 Å². The smallest absolute Gasteiger partial charge is 0.407 e. The summed E-state index contributed by atoms with van der Waals surface area (Å²) in [4.78, 5) is 76.2. The minimum Gasteiger partial charge on any atom is -0.468 e. The Morgan fingerprint density at radius 3 is 1.11 bits per heavy atom. The molecule has 0 saturated heterocycles. The third-order valence-electron chi connectivity index (χ3n) is 28.7. The van der Waals surface area contributed by atoms with Crippen LogP contribution in [0.4, 0.5) is 36.7 Å². The highest BCUT2D eigenvalue weighted by atomic mass is 19.1. The largest absolute Gasteiger partial charge is 0.468 e. The number of nitrogens with zero attached hydrogens (tertiary/aromatic N) is 4. The second-order valence-electron chi connectivity index (χ2n) is 37.1. The minimum absolute atomic E-state index is 0.149. The second-order valence-corrected chi connectivity index (χ2v) is 37.1. The minimum atomic E-state index is -0.324. The molecule has 704 valence electrons. The van der Waals surface area contributed by atoms with Crippen molar-refractivity contribution in [2.24, 2.45) is 47.3 Å². The molecule has 12 aromatic rings. The van der Waals surface area contributed by atoms with Crippen LogP contribution < -0.4 is 21.3 Å². The number of aromatic amines is 3. The lowest BCUT2D eigenvalue weighted by atomic mass is 9.63. The van der Waals surface area contributed by atoms with Crippen molar-refractivity contribution in [1.29, 1.82) is 0 Å². The van der Waals surface area contributed by atoms with E-state index < -0.39 is 0 Å². The number of nitrogens with one attached hydrogen (secondary N) is 7. The van der Waals surface area contributed by atoms with Gasteiger partial charge in [-0.05, 0) is 343 Å². The van der Waals surface area contributed by atoms with Gasteiger partial charge in [0.1, 0.15) is 29.0 Å². The maximum atomic E-state index is 13.5. The van der Waals surface area contributed by atoms with Crippen molar-refractivity contribution in [3.05, 3.63) is 335 Å². The van der Waals surface area contributed by atoms with E-state index in [0.717, 1.165) is 176 Å². The maximum absolute atomic E-state index is 13.5. The number of carbonyl (C=O) groups is 4. The zero-order chi connectivity index (χ0) is 94.0. The van der Waals surface area contributed by atoms with Crippen LogP contribution >= 0.6 is 0 Å². The molecule has 136 heavy (non-hydrogen) atoms. The van der Waals surface area contributed by atoms with E-state index in [1.807, 2.05) is 113 Å². The second kappa shape index (κ2) is 44.7. The Morgan fingerprint density at radius 2 is 0.721 bits per heavy atom. The van der Waals surface area contributed by atoms with Crippen LogP contribution in [0.2, 0.25) is 0 Å². The molecule has 4 amide bonds. The number of ether oxygens (including phenoxy) is 4. The summed E-state index contributed by atoms with van der Waals surface area (Å²) in [6.07, 6.45) is 49.3. The van der Waals surface area contributed by atoms with Crippen LogP contribution in [0.15, 0.2) is 248 Å². The Kier molecular flexibility index (Phi) is 30.9. The lowest BCUT2D eigenvalue weighted by Crippen LogP contribution is -2.44. The quantitative estimate of drug-likeness (QED) is 0.0277. The van der Waals surface area contributed by atoms with Gasteiger partial charge in [0.25, 0.3) is 0 Å². The van der Waals surface area contributed by atoms with Crippen LogP contribution in [0.25, 0.3) is 68.8 Å². The van der Waals surface area contributed by atoms with E-state index in [2.05, 4.69) is 135 Å². The number of amides is 4. The summed E-state index contributed by atoms with van der Waals surface area (Å²) in [5.41, 5.74) is 19.7. The number of H-pyrrole nitrogens is 3. The number of hydrogen-bond donors (Lipinski definition) is 7. The van der Waals surface area contributed by atoms with Crippen LogP contribution in [0.5, 0.6) is 0 Å². The standard InChI is InChI=1S/3C28H30FN3O2.C28H29FN2O3/c1-2-34-28(33)32-24-9-10-25-20(14-24)12-21-15-30-17-27(21)26(25)11-8-23-7-6-19(16-31-23)18-4-3-5-22(29)13-18;1-2-34-28(33)32-24-9-10-25-21(16-24)14-19-12-13-30-27(19)26(25)11-8-23-7-6-20(17-31-23)18-4-3-5-22(29)15-18;1-2-34-28(33)32-23-9-10-24-20(15-23)16-27-26(12-13-30-27)25(24)11-8-22-7-6-19(17-31-22)18-4-3-5-21(29)14-18;1-2-33-28(32)31-24-9-10-25-21(16-24)14-19-12-13-34-27(19)26(25)11-8-23-7-6-20(17-30-23)18-4-3-5-22(29)15-18/h3-8,11,13,15-17,20,24-26,30H,2,9-10,12,14H2,1H3,(H,32,33);3-8,11-13,15,17,21,24-26,30H,2,9-10,14,16H2,1H3,(H,32,33);3-8,11-14,17,20,23-25,30H,2,9-10,15-16H2,1H3,(H,32,33);3-8,11-13,15,17,21,24-26H,2,9-10,14,16H2,1H3,(H,31,32)/b4*11-8+/t20-,24-,25-,26+;21-,24-,25-,26+;20-,23+,24+,25-;21-,24-,25-,26+/m1101/s1. The van der Waals surface area contributed by atoms with Gasteiger partial charge in [0.05, 0.1) is 55.5 Å². The van der Waals surface area contributed by atoms with Crippen molar-refractivity contribution in [2.45, 2.75) is 178 Å². The SMILES string of the molecule is CCOC(=O)N[C@@H]1CC[C@@H]2[C@H](Cc3[nH]ccc3[C@H]2/C=C/c2ccc(-c3cccc(F)c3)cn2)C1.CCOC(=O)N[C@@H]1CC[C@@H]2[C@H](Cc3c[nH]cc3[C@H]2/C=C/c2ccc(-c3cccc(F)c3)cn2)C1.CCOC(=O)N[C@@H]1CC[C@@H]2[C@H](Cc3cc[nH]c3[C@H]2/C=C/c2ccc(-c3cccc(F)c3)cn2)C1.CCOC(=O)N[C@@H]1CC[C@@H]2[C@H](Cc3ccoc3[C@H]2/C=C/c2ccc(-c3cccc(F)c3)cn2)C1. The number of furan rings is 1. The highest BCUT2D eigenvalue weighted by Gasteiger charge is 2.46. The van der Waals surface area contributed by atoms with Crippen LogP contribution in [0, 0.1) is 70.6 Å². The number of allylic oxidation sites excluding steroid dienone is 4. The van der Waals surface area contributed by atoms with Gasteiger partial charge < -0.3 is 59.6 Å². The van der Waals surface area contributed by atoms with Crippen molar-refractivity contribution >= 4 is 48.7 Å². The summed E-state index contributed by atoms with van der Waals surface area (Å²) in [5, 5.41) is 12.2. The van der Waals surface area contributed by atoms with Crippen molar-refractivity contribution in [1.82, 2.24) is 56.2 Å². The van der Waals surface area contributed by atoms with E-state index in [1.165, 1.54) is 87.7 Å². The summed E-state index contributed by atoms with van der Waals surface area (Å²) in [6.45, 7) is 8.85. The lowest BCUT2D eigenvalue weighted by Gasteiger charge is -2.43. The predicted molar refractivity (Wildman–Crippen MR) is 521 cm³/mol. The zero-order valence-electron chi connectivity index (χ0n) is 77.3. The Bertz CT molecular complexity index is 5420. The van der Waals surface area contributed by atoms with Crippen molar-refractivity contribution in [3.8, 4) is 44.5 Å². The first-order chi connectivity index (χ1) is 66.4. The molecule has 0 bridgehead atoms. The molecular formula is C112H119F4N11O9. The van der Waals surface area contributed by atoms with Gasteiger partial charge in [-0.1, -0.05) is 97.1 Å². The average Bonchev–Trinajstić information content (AvgIpc) is 1.55. The first-order valence-corrected chi connectivity index (χ1v) is 48.3. The maximum Gasteiger partial charge on any atom is 0.407 e. The molecule has 20 rings (SSSR count). The number of pyridine rings is 4. The van der Waals surface area contributed by atoms with Crippen molar-refractivity contribution < 1.29 is 60.1 Å².